The molecule has 1 amide bonds. The van der Waals surface area contributed by atoms with Crippen LogP contribution in [0.1, 0.15) is 33.2 Å². The first-order chi connectivity index (χ1) is 12.5. The Bertz CT molecular complexity index is 977. The van der Waals surface area contributed by atoms with Crippen LogP contribution in [0.4, 0.5) is 0 Å². The third-order valence-corrected chi connectivity index (χ3v) is 5.01. The molecule has 1 aromatic carbocycles. The highest BCUT2D eigenvalue weighted by Gasteiger charge is 2.30. The zero-order valence-corrected chi connectivity index (χ0v) is 15.4. The van der Waals surface area contributed by atoms with Crippen LogP contribution in [0, 0.1) is 13.8 Å². The number of aromatic nitrogens is 3. The van der Waals surface area contributed by atoms with E-state index in [2.05, 4.69) is 34.5 Å². The van der Waals surface area contributed by atoms with E-state index in [0.29, 0.717) is 12.1 Å². The van der Waals surface area contributed by atoms with E-state index in [1.807, 2.05) is 43.4 Å². The van der Waals surface area contributed by atoms with Crippen LogP contribution in [0.2, 0.25) is 0 Å². The Kier molecular flexibility index (Phi) is 4.20. The van der Waals surface area contributed by atoms with Gasteiger partial charge < -0.3 is 10.2 Å². The highest BCUT2D eigenvalue weighted by molar-refractivity contribution is 5.99. The van der Waals surface area contributed by atoms with E-state index in [9.17, 15) is 4.79 Å². The second kappa shape index (κ2) is 6.53. The number of benzene rings is 1. The highest BCUT2D eigenvalue weighted by Crippen LogP contribution is 2.26. The van der Waals surface area contributed by atoms with Gasteiger partial charge in [0.2, 0.25) is 0 Å². The molecule has 1 aliphatic rings. The number of fused-ring (bicyclic) bond motifs is 1. The summed E-state index contributed by atoms with van der Waals surface area (Å²) in [6, 6.07) is 8.10. The molecule has 1 saturated heterocycles. The van der Waals surface area contributed by atoms with Crippen molar-refractivity contribution in [1.29, 1.82) is 0 Å². The van der Waals surface area contributed by atoms with E-state index in [-0.39, 0.29) is 11.9 Å². The minimum absolute atomic E-state index is 0.0157. The van der Waals surface area contributed by atoms with Gasteiger partial charge in [0.15, 0.2) is 0 Å². The zero-order valence-electron chi connectivity index (χ0n) is 15.4. The normalized spacial score (nSPS) is 17.7. The van der Waals surface area contributed by atoms with Gasteiger partial charge in [-0.25, -0.2) is 0 Å². The van der Waals surface area contributed by atoms with Crippen molar-refractivity contribution >= 4 is 16.8 Å². The summed E-state index contributed by atoms with van der Waals surface area (Å²) < 4.78 is 1.78. The predicted octanol–water partition coefficient (Wildman–Crippen LogP) is 2.37. The van der Waals surface area contributed by atoms with Crippen molar-refractivity contribution in [2.45, 2.75) is 19.9 Å². The van der Waals surface area contributed by atoms with Crippen LogP contribution in [0.3, 0.4) is 0 Å². The summed E-state index contributed by atoms with van der Waals surface area (Å²) in [4.78, 5) is 20.0. The van der Waals surface area contributed by atoms with Crippen LogP contribution in [-0.2, 0) is 7.05 Å². The second-order valence-electron chi connectivity index (χ2n) is 6.98. The van der Waals surface area contributed by atoms with Crippen molar-refractivity contribution in [2.24, 2.45) is 7.05 Å². The SMILES string of the molecule is Cc1ccc2cc(C(=O)N3CCNCC3c3cnn(C)c3)c(C)nc2c1. The lowest BCUT2D eigenvalue weighted by atomic mass is 10.0. The maximum atomic E-state index is 13.4. The van der Waals surface area contributed by atoms with Crippen LogP contribution >= 0.6 is 0 Å². The molecule has 1 N–H and O–H groups in total. The molecule has 3 heterocycles. The lowest BCUT2D eigenvalue weighted by molar-refractivity contribution is 0.0633. The van der Waals surface area contributed by atoms with Gasteiger partial charge in [-0.15, -0.1) is 0 Å². The molecular weight excluding hydrogens is 326 g/mol. The van der Waals surface area contributed by atoms with Crippen molar-refractivity contribution in [3.05, 3.63) is 59.0 Å². The van der Waals surface area contributed by atoms with Gasteiger partial charge in [-0.3, -0.25) is 14.5 Å². The molecule has 0 radical (unpaired) electrons. The third kappa shape index (κ3) is 2.97. The molecule has 6 nitrogen and oxygen atoms in total. The van der Waals surface area contributed by atoms with E-state index < -0.39 is 0 Å². The molecule has 0 bridgehead atoms. The Labute approximate surface area is 152 Å². The predicted molar refractivity (Wildman–Crippen MR) is 101 cm³/mol. The van der Waals surface area contributed by atoms with Gasteiger partial charge in [-0.05, 0) is 31.5 Å². The van der Waals surface area contributed by atoms with Crippen molar-refractivity contribution in [3.63, 3.8) is 0 Å². The topological polar surface area (TPSA) is 63.1 Å². The van der Waals surface area contributed by atoms with Crippen molar-refractivity contribution < 1.29 is 4.79 Å². The number of carbonyl (C=O) groups excluding carboxylic acids is 1. The molecule has 26 heavy (non-hydrogen) atoms. The van der Waals surface area contributed by atoms with E-state index in [1.165, 1.54) is 5.56 Å². The Morgan fingerprint density at radius 1 is 1.27 bits per heavy atom. The average molecular weight is 349 g/mol. The van der Waals surface area contributed by atoms with Gasteiger partial charge in [0.1, 0.15) is 0 Å². The van der Waals surface area contributed by atoms with E-state index in [4.69, 9.17) is 0 Å². The standard InChI is InChI=1S/C20H23N5O/c1-13-4-5-15-9-17(14(2)23-18(15)8-13)20(26)25-7-6-21-11-19(25)16-10-22-24(3)12-16/h4-5,8-10,12,19,21H,6-7,11H2,1-3H3. The van der Waals surface area contributed by atoms with E-state index in [1.54, 1.807) is 4.68 Å². The molecule has 1 aliphatic heterocycles. The van der Waals surface area contributed by atoms with E-state index in [0.717, 1.165) is 35.2 Å². The summed E-state index contributed by atoms with van der Waals surface area (Å²) >= 11 is 0. The van der Waals surface area contributed by atoms with Crippen LogP contribution in [0.25, 0.3) is 10.9 Å². The fourth-order valence-electron chi connectivity index (χ4n) is 3.60. The number of nitrogens with zero attached hydrogens (tertiary/aromatic N) is 4. The summed E-state index contributed by atoms with van der Waals surface area (Å²) in [5.41, 5.74) is 4.61. The number of pyridine rings is 1. The first-order valence-electron chi connectivity index (χ1n) is 8.91. The second-order valence-corrected chi connectivity index (χ2v) is 6.98. The fourth-order valence-corrected chi connectivity index (χ4v) is 3.60. The largest absolute Gasteiger partial charge is 0.329 e. The summed E-state index contributed by atoms with van der Waals surface area (Å²) in [5.74, 6) is 0.0350. The molecule has 134 valence electrons. The first-order valence-corrected chi connectivity index (χ1v) is 8.91. The van der Waals surface area contributed by atoms with Gasteiger partial charge in [0.05, 0.1) is 29.0 Å². The molecule has 0 spiro atoms. The number of hydrogen-bond acceptors (Lipinski definition) is 4. The maximum Gasteiger partial charge on any atom is 0.256 e. The summed E-state index contributed by atoms with van der Waals surface area (Å²) in [7, 11) is 1.89. The molecule has 1 fully saturated rings. The van der Waals surface area contributed by atoms with Crippen molar-refractivity contribution in [1.82, 2.24) is 25.0 Å². The highest BCUT2D eigenvalue weighted by atomic mass is 16.2. The number of piperazine rings is 1. The van der Waals surface area contributed by atoms with Gasteiger partial charge in [0.25, 0.3) is 5.91 Å². The lowest BCUT2D eigenvalue weighted by Gasteiger charge is -2.36. The fraction of sp³-hybridized carbons (Fsp3) is 0.350. The molecule has 0 aliphatic carbocycles. The van der Waals surface area contributed by atoms with E-state index >= 15 is 0 Å². The van der Waals surface area contributed by atoms with Gasteiger partial charge in [-0.1, -0.05) is 12.1 Å². The number of nitrogens with one attached hydrogen (secondary N) is 1. The first kappa shape index (κ1) is 16.7. The zero-order chi connectivity index (χ0) is 18.3. The Hall–Kier alpha value is -2.73. The average Bonchev–Trinajstić information content (AvgIpc) is 3.07. The molecular formula is C20H23N5O. The van der Waals surface area contributed by atoms with Crippen LogP contribution in [-0.4, -0.2) is 45.2 Å². The summed E-state index contributed by atoms with van der Waals surface area (Å²) in [5, 5.41) is 8.64. The Morgan fingerprint density at radius 3 is 2.88 bits per heavy atom. The van der Waals surface area contributed by atoms with Gasteiger partial charge >= 0.3 is 0 Å². The monoisotopic (exact) mass is 349 g/mol. The summed E-state index contributed by atoms with van der Waals surface area (Å²) in [6.07, 6.45) is 3.82. The smallest absolute Gasteiger partial charge is 0.256 e. The van der Waals surface area contributed by atoms with Crippen molar-refractivity contribution in [2.75, 3.05) is 19.6 Å². The molecule has 3 aromatic rings. The Balaban J connectivity index is 1.72. The minimum atomic E-state index is -0.0157. The van der Waals surface area contributed by atoms with Crippen LogP contribution in [0.5, 0.6) is 0 Å². The number of hydrogen-bond donors (Lipinski definition) is 1. The van der Waals surface area contributed by atoms with Gasteiger partial charge in [0, 0.05) is 43.8 Å². The summed E-state index contributed by atoms with van der Waals surface area (Å²) in [6.45, 7) is 6.16. The molecule has 0 saturated carbocycles. The number of aryl methyl sites for hydroxylation is 3. The molecule has 1 atom stereocenters. The minimum Gasteiger partial charge on any atom is -0.329 e. The van der Waals surface area contributed by atoms with Crippen LogP contribution in [0.15, 0.2) is 36.7 Å². The number of rotatable bonds is 2. The van der Waals surface area contributed by atoms with Gasteiger partial charge in [-0.2, -0.15) is 5.10 Å². The third-order valence-electron chi connectivity index (χ3n) is 5.01. The van der Waals surface area contributed by atoms with Crippen molar-refractivity contribution in [3.8, 4) is 0 Å². The molecule has 2 aromatic heterocycles. The molecule has 6 heteroatoms. The molecule has 4 rings (SSSR count). The Morgan fingerprint density at radius 2 is 2.12 bits per heavy atom. The maximum absolute atomic E-state index is 13.4. The van der Waals surface area contributed by atoms with Crippen LogP contribution < -0.4 is 5.32 Å². The number of carbonyl (C=O) groups is 1. The number of amides is 1. The lowest BCUT2D eigenvalue weighted by Crippen LogP contribution is -2.48. The quantitative estimate of drug-likeness (QED) is 0.771. The molecule has 1 unspecified atom stereocenters.